The van der Waals surface area contributed by atoms with Gasteiger partial charge >= 0.3 is 6.18 Å². The standard InChI is InChI=1S/C12H8F4IN3/c1-18-11-9(17)5-19-10(20-11)6-2-7(12(14,15)16)4-8(13)3-6/h2-5H,1H3,(H,18,19,20). The van der Waals surface area contributed by atoms with Crippen LogP contribution in [0.25, 0.3) is 11.4 Å². The van der Waals surface area contributed by atoms with Gasteiger partial charge in [0, 0.05) is 18.8 Å². The molecule has 3 nitrogen and oxygen atoms in total. The number of anilines is 1. The summed E-state index contributed by atoms with van der Waals surface area (Å²) in [5, 5.41) is 2.79. The Balaban J connectivity index is 2.55. The fourth-order valence-electron chi connectivity index (χ4n) is 1.56. The molecule has 20 heavy (non-hydrogen) atoms. The summed E-state index contributed by atoms with van der Waals surface area (Å²) in [5.41, 5.74) is -1.09. The topological polar surface area (TPSA) is 37.8 Å². The van der Waals surface area contributed by atoms with E-state index in [1.54, 1.807) is 7.05 Å². The number of hydrogen-bond acceptors (Lipinski definition) is 3. The van der Waals surface area contributed by atoms with Crippen molar-refractivity contribution in [3.05, 3.63) is 39.3 Å². The van der Waals surface area contributed by atoms with Crippen molar-refractivity contribution in [2.45, 2.75) is 6.18 Å². The van der Waals surface area contributed by atoms with E-state index < -0.39 is 17.6 Å². The van der Waals surface area contributed by atoms with E-state index >= 15 is 0 Å². The highest BCUT2D eigenvalue weighted by Gasteiger charge is 2.31. The largest absolute Gasteiger partial charge is 0.416 e. The molecule has 0 saturated carbocycles. The van der Waals surface area contributed by atoms with Crippen LogP contribution < -0.4 is 5.32 Å². The predicted octanol–water partition coefficient (Wildman–Crippen LogP) is 3.95. The lowest BCUT2D eigenvalue weighted by Crippen LogP contribution is -2.06. The first kappa shape index (κ1) is 14.9. The summed E-state index contributed by atoms with van der Waals surface area (Å²) in [4.78, 5) is 7.99. The maximum absolute atomic E-state index is 13.3. The summed E-state index contributed by atoms with van der Waals surface area (Å²) in [7, 11) is 1.63. The summed E-state index contributed by atoms with van der Waals surface area (Å²) >= 11 is 1.98. The lowest BCUT2D eigenvalue weighted by molar-refractivity contribution is -0.137. The average molecular weight is 397 g/mol. The van der Waals surface area contributed by atoms with Gasteiger partial charge in [-0.25, -0.2) is 14.4 Å². The lowest BCUT2D eigenvalue weighted by Gasteiger charge is -2.10. The molecule has 0 aliphatic rings. The molecule has 0 bridgehead atoms. The zero-order chi connectivity index (χ0) is 14.9. The summed E-state index contributed by atoms with van der Waals surface area (Å²) in [6, 6.07) is 2.23. The van der Waals surface area contributed by atoms with Gasteiger partial charge in [0.1, 0.15) is 11.6 Å². The van der Waals surface area contributed by atoms with Gasteiger partial charge in [-0.3, -0.25) is 0 Å². The predicted molar refractivity (Wildman–Crippen MR) is 74.7 cm³/mol. The van der Waals surface area contributed by atoms with E-state index in [1.165, 1.54) is 6.20 Å². The van der Waals surface area contributed by atoms with Crippen molar-refractivity contribution in [2.24, 2.45) is 0 Å². The third kappa shape index (κ3) is 3.17. The van der Waals surface area contributed by atoms with Gasteiger partial charge in [-0.1, -0.05) is 0 Å². The molecule has 1 aromatic carbocycles. The number of nitrogens with one attached hydrogen (secondary N) is 1. The van der Waals surface area contributed by atoms with Gasteiger partial charge in [-0.05, 0) is 40.8 Å². The zero-order valence-corrected chi connectivity index (χ0v) is 12.3. The molecule has 0 aliphatic carbocycles. The Bertz CT molecular complexity index is 643. The van der Waals surface area contributed by atoms with Crippen LogP contribution in [0.3, 0.4) is 0 Å². The van der Waals surface area contributed by atoms with Gasteiger partial charge in [-0.2, -0.15) is 13.2 Å². The van der Waals surface area contributed by atoms with Crippen LogP contribution in [0, 0.1) is 9.39 Å². The second-order valence-electron chi connectivity index (χ2n) is 3.87. The van der Waals surface area contributed by atoms with Crippen LogP contribution in [0.1, 0.15) is 5.56 Å². The van der Waals surface area contributed by atoms with Crippen LogP contribution in [-0.4, -0.2) is 17.0 Å². The molecule has 2 aromatic rings. The van der Waals surface area contributed by atoms with Crippen LogP contribution >= 0.6 is 22.6 Å². The van der Waals surface area contributed by atoms with Crippen molar-refractivity contribution in [1.29, 1.82) is 0 Å². The molecule has 1 aromatic heterocycles. The molecular formula is C12H8F4IN3. The second kappa shape index (κ2) is 5.51. The normalized spacial score (nSPS) is 11.5. The molecule has 0 aliphatic heterocycles. The van der Waals surface area contributed by atoms with Crippen LogP contribution in [0.4, 0.5) is 23.4 Å². The Labute approximate surface area is 125 Å². The number of hydrogen-bond donors (Lipinski definition) is 1. The number of aromatic nitrogens is 2. The first-order valence-electron chi connectivity index (χ1n) is 5.39. The zero-order valence-electron chi connectivity index (χ0n) is 10.1. The van der Waals surface area contributed by atoms with Gasteiger partial charge in [0.25, 0.3) is 0 Å². The third-order valence-corrected chi connectivity index (χ3v) is 3.25. The van der Waals surface area contributed by atoms with Gasteiger partial charge in [-0.15, -0.1) is 0 Å². The summed E-state index contributed by atoms with van der Waals surface area (Å²) in [6.07, 6.45) is -3.17. The molecule has 0 saturated heterocycles. The summed E-state index contributed by atoms with van der Waals surface area (Å²) < 4.78 is 52.0. The number of nitrogens with zero attached hydrogens (tertiary/aromatic N) is 2. The van der Waals surface area contributed by atoms with Crippen LogP contribution in [0.15, 0.2) is 24.4 Å². The first-order chi connectivity index (χ1) is 9.31. The Morgan fingerprint density at radius 3 is 2.50 bits per heavy atom. The van der Waals surface area contributed by atoms with Gasteiger partial charge < -0.3 is 5.32 Å². The van der Waals surface area contributed by atoms with E-state index in [0.29, 0.717) is 15.5 Å². The Kier molecular flexibility index (Phi) is 4.11. The molecule has 1 heterocycles. The Morgan fingerprint density at radius 2 is 1.90 bits per heavy atom. The molecule has 0 atom stereocenters. The van der Waals surface area contributed by atoms with Crippen LogP contribution in [-0.2, 0) is 6.18 Å². The van der Waals surface area contributed by atoms with Crippen molar-refractivity contribution in [1.82, 2.24) is 9.97 Å². The van der Waals surface area contributed by atoms with Crippen LogP contribution in [0.2, 0.25) is 0 Å². The van der Waals surface area contributed by atoms with Gasteiger partial charge in [0.15, 0.2) is 5.82 Å². The average Bonchev–Trinajstić information content (AvgIpc) is 2.37. The molecule has 0 fully saturated rings. The minimum absolute atomic E-state index is 0.0229. The van der Waals surface area contributed by atoms with E-state index in [9.17, 15) is 17.6 Å². The molecule has 1 N–H and O–H groups in total. The van der Waals surface area contributed by atoms with E-state index in [2.05, 4.69) is 15.3 Å². The van der Waals surface area contributed by atoms with Gasteiger partial charge in [0.05, 0.1) is 9.13 Å². The Hall–Kier alpha value is -1.45. The molecule has 0 spiro atoms. The molecule has 106 valence electrons. The molecular weight excluding hydrogens is 389 g/mol. The van der Waals surface area contributed by atoms with Crippen molar-refractivity contribution in [2.75, 3.05) is 12.4 Å². The third-order valence-electron chi connectivity index (χ3n) is 2.46. The minimum atomic E-state index is -4.62. The van der Waals surface area contributed by atoms with Crippen molar-refractivity contribution >= 4 is 28.4 Å². The van der Waals surface area contributed by atoms with Crippen LogP contribution in [0.5, 0.6) is 0 Å². The quantitative estimate of drug-likeness (QED) is 0.616. The summed E-state index contributed by atoms with van der Waals surface area (Å²) in [5.74, 6) is -0.490. The minimum Gasteiger partial charge on any atom is -0.372 e. The van der Waals surface area contributed by atoms with Crippen molar-refractivity contribution in [3.63, 3.8) is 0 Å². The first-order valence-corrected chi connectivity index (χ1v) is 6.47. The van der Waals surface area contributed by atoms with E-state index in [0.717, 1.165) is 12.1 Å². The highest BCUT2D eigenvalue weighted by Crippen LogP contribution is 2.32. The highest BCUT2D eigenvalue weighted by atomic mass is 127. The maximum Gasteiger partial charge on any atom is 0.416 e. The SMILES string of the molecule is CNc1nc(-c2cc(F)cc(C(F)(F)F)c2)ncc1I. The van der Waals surface area contributed by atoms with Crippen molar-refractivity contribution in [3.8, 4) is 11.4 Å². The monoisotopic (exact) mass is 397 g/mol. The van der Waals surface area contributed by atoms with Gasteiger partial charge in [0.2, 0.25) is 0 Å². The second-order valence-corrected chi connectivity index (χ2v) is 5.03. The summed E-state index contributed by atoms with van der Waals surface area (Å²) in [6.45, 7) is 0. The smallest absolute Gasteiger partial charge is 0.372 e. The fourth-order valence-corrected chi connectivity index (χ4v) is 2.09. The fraction of sp³-hybridized carbons (Fsp3) is 0.167. The van der Waals surface area contributed by atoms with E-state index in [4.69, 9.17) is 0 Å². The van der Waals surface area contributed by atoms with Crippen molar-refractivity contribution < 1.29 is 17.6 Å². The van der Waals surface area contributed by atoms with E-state index in [-0.39, 0.29) is 11.4 Å². The lowest BCUT2D eigenvalue weighted by atomic mass is 10.1. The van der Waals surface area contributed by atoms with E-state index in [1.807, 2.05) is 22.6 Å². The molecule has 2 rings (SSSR count). The molecule has 0 unspecified atom stereocenters. The number of halogens is 5. The Morgan fingerprint density at radius 1 is 1.20 bits per heavy atom. The number of benzene rings is 1. The number of rotatable bonds is 2. The highest BCUT2D eigenvalue weighted by molar-refractivity contribution is 14.1. The number of alkyl halides is 3. The molecule has 8 heteroatoms. The molecule has 0 amide bonds. The molecule has 0 radical (unpaired) electrons. The maximum atomic E-state index is 13.3.